The van der Waals surface area contributed by atoms with Crippen LogP contribution in [0.2, 0.25) is 0 Å². The van der Waals surface area contributed by atoms with E-state index in [1.54, 1.807) is 0 Å². The van der Waals surface area contributed by atoms with E-state index in [2.05, 4.69) is 44.8 Å². The summed E-state index contributed by atoms with van der Waals surface area (Å²) in [6.45, 7) is 11.9. The zero-order chi connectivity index (χ0) is 14.4. The number of carbonyl (C=O) groups is 1. The molecule has 3 nitrogen and oxygen atoms in total. The van der Waals surface area contributed by atoms with Gasteiger partial charge in [-0.2, -0.15) is 0 Å². The van der Waals surface area contributed by atoms with E-state index in [1.807, 2.05) is 0 Å². The number of likely N-dealkylation sites (tertiary alicyclic amines) is 1. The van der Waals surface area contributed by atoms with Gasteiger partial charge in [-0.3, -0.25) is 4.79 Å². The molecule has 0 radical (unpaired) electrons. The van der Waals surface area contributed by atoms with Crippen LogP contribution in [0, 0.1) is 5.92 Å². The minimum Gasteiger partial charge on any atom is -0.339 e. The summed E-state index contributed by atoms with van der Waals surface area (Å²) in [5.74, 6) is 1.08. The first-order valence-corrected chi connectivity index (χ1v) is 7.98. The molecule has 0 aromatic heterocycles. The fourth-order valence-electron chi connectivity index (χ4n) is 2.87. The van der Waals surface area contributed by atoms with E-state index in [4.69, 9.17) is 0 Å². The summed E-state index contributed by atoms with van der Waals surface area (Å²) in [4.78, 5) is 14.6. The Kier molecular flexibility index (Phi) is 6.84. The van der Waals surface area contributed by atoms with E-state index in [9.17, 15) is 4.79 Å². The quantitative estimate of drug-likeness (QED) is 0.769. The van der Waals surface area contributed by atoms with Crippen molar-refractivity contribution in [2.24, 2.45) is 5.92 Å². The molecule has 0 aliphatic carbocycles. The summed E-state index contributed by atoms with van der Waals surface area (Å²) >= 11 is 0. The Bertz CT molecular complexity index is 276. The predicted molar refractivity (Wildman–Crippen MR) is 81.2 cm³/mol. The van der Waals surface area contributed by atoms with Crippen molar-refractivity contribution in [2.45, 2.75) is 84.8 Å². The Morgan fingerprint density at radius 3 is 2.47 bits per heavy atom. The van der Waals surface area contributed by atoms with Crippen molar-refractivity contribution in [3.8, 4) is 0 Å². The third-order valence-corrected chi connectivity index (χ3v) is 3.94. The Morgan fingerprint density at radius 1 is 1.21 bits per heavy atom. The van der Waals surface area contributed by atoms with Crippen molar-refractivity contribution in [3.05, 3.63) is 0 Å². The number of amides is 1. The normalized spacial score (nSPS) is 22.4. The minimum absolute atomic E-state index is 0.0429. The van der Waals surface area contributed by atoms with Crippen molar-refractivity contribution in [2.75, 3.05) is 6.54 Å². The van der Waals surface area contributed by atoms with Crippen LogP contribution >= 0.6 is 0 Å². The molecule has 1 amide bonds. The minimum atomic E-state index is 0.0429. The molecule has 3 heteroatoms. The highest BCUT2D eigenvalue weighted by atomic mass is 16.2. The molecule has 0 aromatic carbocycles. The van der Waals surface area contributed by atoms with E-state index in [-0.39, 0.29) is 6.04 Å². The first kappa shape index (κ1) is 16.5. The van der Waals surface area contributed by atoms with E-state index < -0.39 is 0 Å². The molecule has 0 bridgehead atoms. The molecule has 1 rings (SSSR count). The maximum Gasteiger partial charge on any atom is 0.239 e. The van der Waals surface area contributed by atoms with Gasteiger partial charge in [0, 0.05) is 18.6 Å². The van der Waals surface area contributed by atoms with Crippen LogP contribution in [0.15, 0.2) is 0 Å². The SMILES string of the molecule is CC(C)CCCC(C)N1CCCC(NC(C)C)C1=O. The first-order chi connectivity index (χ1) is 8.91. The van der Waals surface area contributed by atoms with E-state index in [1.165, 1.54) is 12.8 Å². The molecule has 0 spiro atoms. The summed E-state index contributed by atoms with van der Waals surface area (Å²) in [6.07, 6.45) is 5.75. The van der Waals surface area contributed by atoms with Gasteiger partial charge in [0.25, 0.3) is 0 Å². The zero-order valence-corrected chi connectivity index (χ0v) is 13.4. The summed E-state index contributed by atoms with van der Waals surface area (Å²) in [5.41, 5.74) is 0. The molecule has 19 heavy (non-hydrogen) atoms. The fourth-order valence-corrected chi connectivity index (χ4v) is 2.87. The number of nitrogens with one attached hydrogen (secondary N) is 1. The van der Waals surface area contributed by atoms with Crippen molar-refractivity contribution in [1.29, 1.82) is 0 Å². The monoisotopic (exact) mass is 268 g/mol. The van der Waals surface area contributed by atoms with Crippen LogP contribution in [-0.2, 0) is 4.79 Å². The Balaban J connectivity index is 2.44. The Labute approximate surface area is 119 Å². The molecule has 1 heterocycles. The topological polar surface area (TPSA) is 32.3 Å². The second kappa shape index (κ2) is 7.88. The highest BCUT2D eigenvalue weighted by molar-refractivity contribution is 5.82. The summed E-state index contributed by atoms with van der Waals surface area (Å²) in [7, 11) is 0. The van der Waals surface area contributed by atoms with Crippen LogP contribution in [0.5, 0.6) is 0 Å². The van der Waals surface area contributed by atoms with Gasteiger partial charge in [0.2, 0.25) is 5.91 Å². The van der Waals surface area contributed by atoms with Crippen molar-refractivity contribution in [3.63, 3.8) is 0 Å². The molecule has 112 valence electrons. The van der Waals surface area contributed by atoms with Gasteiger partial charge in [-0.05, 0) is 32.1 Å². The molecule has 1 saturated heterocycles. The largest absolute Gasteiger partial charge is 0.339 e. The summed E-state index contributed by atoms with van der Waals surface area (Å²) in [6, 6.07) is 0.814. The van der Waals surface area contributed by atoms with Crippen molar-refractivity contribution >= 4 is 5.91 Å². The Hall–Kier alpha value is -0.570. The average molecular weight is 268 g/mol. The highest BCUT2D eigenvalue weighted by Gasteiger charge is 2.31. The number of carbonyl (C=O) groups excluding carboxylic acids is 1. The lowest BCUT2D eigenvalue weighted by Gasteiger charge is -2.37. The second-order valence-corrected chi connectivity index (χ2v) is 6.72. The van der Waals surface area contributed by atoms with E-state index in [0.717, 1.165) is 31.7 Å². The lowest BCUT2D eigenvalue weighted by Crippen LogP contribution is -2.54. The maximum atomic E-state index is 12.5. The molecule has 1 aliphatic heterocycles. The number of hydrogen-bond acceptors (Lipinski definition) is 2. The van der Waals surface area contributed by atoms with Crippen LogP contribution in [-0.4, -0.2) is 35.5 Å². The van der Waals surface area contributed by atoms with Crippen LogP contribution in [0.4, 0.5) is 0 Å². The zero-order valence-electron chi connectivity index (χ0n) is 13.4. The predicted octanol–water partition coefficient (Wildman–Crippen LogP) is 3.19. The molecular formula is C16H32N2O. The molecule has 2 unspecified atom stereocenters. The van der Waals surface area contributed by atoms with Crippen LogP contribution in [0.25, 0.3) is 0 Å². The third kappa shape index (κ3) is 5.52. The number of hydrogen-bond donors (Lipinski definition) is 1. The van der Waals surface area contributed by atoms with Crippen molar-refractivity contribution < 1.29 is 4.79 Å². The lowest BCUT2D eigenvalue weighted by molar-refractivity contribution is -0.138. The fraction of sp³-hybridized carbons (Fsp3) is 0.938. The van der Waals surface area contributed by atoms with Gasteiger partial charge in [-0.25, -0.2) is 0 Å². The number of rotatable bonds is 7. The first-order valence-electron chi connectivity index (χ1n) is 7.98. The highest BCUT2D eigenvalue weighted by Crippen LogP contribution is 2.19. The van der Waals surface area contributed by atoms with Gasteiger partial charge in [0.05, 0.1) is 6.04 Å². The van der Waals surface area contributed by atoms with Gasteiger partial charge >= 0.3 is 0 Å². The summed E-state index contributed by atoms with van der Waals surface area (Å²) < 4.78 is 0. The lowest BCUT2D eigenvalue weighted by atomic mass is 9.98. The van der Waals surface area contributed by atoms with Crippen LogP contribution in [0.1, 0.15) is 66.7 Å². The third-order valence-electron chi connectivity index (χ3n) is 3.94. The smallest absolute Gasteiger partial charge is 0.239 e. The van der Waals surface area contributed by atoms with Gasteiger partial charge in [0.15, 0.2) is 0 Å². The number of nitrogens with zero attached hydrogens (tertiary/aromatic N) is 1. The summed E-state index contributed by atoms with van der Waals surface area (Å²) in [5, 5.41) is 3.40. The standard InChI is InChI=1S/C16H32N2O/c1-12(2)8-6-9-14(5)18-11-7-10-15(16(18)19)17-13(3)4/h12-15,17H,6-11H2,1-5H3. The van der Waals surface area contributed by atoms with Gasteiger partial charge < -0.3 is 10.2 Å². The average Bonchev–Trinajstić information content (AvgIpc) is 2.30. The molecule has 0 aromatic rings. The van der Waals surface area contributed by atoms with Crippen molar-refractivity contribution in [1.82, 2.24) is 10.2 Å². The van der Waals surface area contributed by atoms with Gasteiger partial charge in [-0.1, -0.05) is 40.5 Å². The van der Waals surface area contributed by atoms with Gasteiger partial charge in [-0.15, -0.1) is 0 Å². The van der Waals surface area contributed by atoms with E-state index >= 15 is 0 Å². The Morgan fingerprint density at radius 2 is 1.89 bits per heavy atom. The molecular weight excluding hydrogens is 236 g/mol. The molecule has 1 fully saturated rings. The molecule has 1 N–H and O–H groups in total. The van der Waals surface area contributed by atoms with Crippen LogP contribution in [0.3, 0.4) is 0 Å². The maximum absolute atomic E-state index is 12.5. The number of piperidine rings is 1. The molecule has 1 aliphatic rings. The van der Waals surface area contributed by atoms with E-state index in [0.29, 0.717) is 18.0 Å². The second-order valence-electron chi connectivity index (χ2n) is 6.72. The molecule has 2 atom stereocenters. The molecule has 0 saturated carbocycles. The van der Waals surface area contributed by atoms with Gasteiger partial charge in [0.1, 0.15) is 0 Å². The van der Waals surface area contributed by atoms with Crippen LogP contribution < -0.4 is 5.32 Å².